The Morgan fingerprint density at radius 3 is 2.50 bits per heavy atom. The molecule has 24 heavy (non-hydrogen) atoms. The lowest BCUT2D eigenvalue weighted by Crippen LogP contribution is -2.09. The van der Waals surface area contributed by atoms with Crippen molar-refractivity contribution in [3.8, 4) is 11.1 Å². The van der Waals surface area contributed by atoms with E-state index in [1.54, 1.807) is 11.3 Å². The maximum atomic E-state index is 13.1. The van der Waals surface area contributed by atoms with Crippen LogP contribution in [0.1, 0.15) is 29.0 Å². The summed E-state index contributed by atoms with van der Waals surface area (Å²) in [7, 11) is 0. The SMILES string of the molecule is Cc1nc(NCC(C)c2cccc(-c3ccc(F)cc3)c2)sc1C. The standard InChI is InChI=1S/C20H21FN2S/c1-13(12-22-20-23-14(2)15(3)24-20)17-5-4-6-18(11-17)16-7-9-19(21)10-8-16/h4-11,13H,12H2,1-3H3,(H,22,23). The molecule has 1 aromatic heterocycles. The molecular formula is C20H21FN2S. The number of rotatable bonds is 5. The van der Waals surface area contributed by atoms with Gasteiger partial charge in [0.15, 0.2) is 5.13 Å². The number of hydrogen-bond donors (Lipinski definition) is 1. The summed E-state index contributed by atoms with van der Waals surface area (Å²) in [5, 5.41) is 4.41. The number of thiazole rings is 1. The Kier molecular flexibility index (Phi) is 4.95. The van der Waals surface area contributed by atoms with Crippen LogP contribution in [0.3, 0.4) is 0 Å². The van der Waals surface area contributed by atoms with Crippen molar-refractivity contribution < 1.29 is 4.39 Å². The van der Waals surface area contributed by atoms with E-state index in [1.165, 1.54) is 22.6 Å². The number of nitrogens with one attached hydrogen (secondary N) is 1. The third-order valence-electron chi connectivity index (χ3n) is 4.22. The summed E-state index contributed by atoms with van der Waals surface area (Å²) in [6, 6.07) is 15.1. The molecule has 1 N–H and O–H groups in total. The van der Waals surface area contributed by atoms with Crippen molar-refractivity contribution >= 4 is 16.5 Å². The molecule has 4 heteroatoms. The van der Waals surface area contributed by atoms with Crippen LogP contribution in [-0.4, -0.2) is 11.5 Å². The molecule has 0 spiro atoms. The lowest BCUT2D eigenvalue weighted by atomic mass is 9.96. The van der Waals surface area contributed by atoms with Crippen molar-refractivity contribution in [1.29, 1.82) is 0 Å². The molecule has 1 unspecified atom stereocenters. The summed E-state index contributed by atoms with van der Waals surface area (Å²) >= 11 is 1.70. The Morgan fingerprint density at radius 1 is 1.08 bits per heavy atom. The smallest absolute Gasteiger partial charge is 0.183 e. The molecule has 2 aromatic carbocycles. The molecule has 0 aliphatic carbocycles. The number of benzene rings is 2. The molecular weight excluding hydrogens is 319 g/mol. The van der Waals surface area contributed by atoms with Gasteiger partial charge in [-0.1, -0.05) is 43.3 Å². The van der Waals surface area contributed by atoms with E-state index in [1.807, 2.05) is 19.1 Å². The van der Waals surface area contributed by atoms with E-state index in [-0.39, 0.29) is 5.82 Å². The van der Waals surface area contributed by atoms with Gasteiger partial charge in [0.1, 0.15) is 5.82 Å². The summed E-state index contributed by atoms with van der Waals surface area (Å²) in [4.78, 5) is 5.77. The quantitative estimate of drug-likeness (QED) is 0.636. The number of halogens is 1. The first-order valence-corrected chi connectivity index (χ1v) is 8.88. The van der Waals surface area contributed by atoms with Crippen LogP contribution < -0.4 is 5.32 Å². The van der Waals surface area contributed by atoms with Gasteiger partial charge in [0.25, 0.3) is 0 Å². The van der Waals surface area contributed by atoms with Crippen LogP contribution in [0.25, 0.3) is 11.1 Å². The molecule has 0 aliphatic rings. The highest BCUT2D eigenvalue weighted by atomic mass is 32.1. The first-order valence-electron chi connectivity index (χ1n) is 8.07. The Morgan fingerprint density at radius 2 is 1.83 bits per heavy atom. The van der Waals surface area contributed by atoms with Crippen molar-refractivity contribution in [3.05, 3.63) is 70.5 Å². The lowest BCUT2D eigenvalue weighted by Gasteiger charge is -2.14. The monoisotopic (exact) mass is 340 g/mol. The van der Waals surface area contributed by atoms with Crippen LogP contribution in [0.15, 0.2) is 48.5 Å². The van der Waals surface area contributed by atoms with Crippen LogP contribution in [0.4, 0.5) is 9.52 Å². The van der Waals surface area contributed by atoms with E-state index in [4.69, 9.17) is 0 Å². The van der Waals surface area contributed by atoms with Gasteiger partial charge in [-0.25, -0.2) is 9.37 Å². The summed E-state index contributed by atoms with van der Waals surface area (Å²) in [6.07, 6.45) is 0. The fourth-order valence-corrected chi connectivity index (χ4v) is 3.40. The summed E-state index contributed by atoms with van der Waals surface area (Å²) in [6.45, 7) is 7.16. The van der Waals surface area contributed by atoms with Crippen molar-refractivity contribution in [2.75, 3.05) is 11.9 Å². The second-order valence-corrected chi connectivity index (χ2v) is 7.28. The van der Waals surface area contributed by atoms with E-state index in [0.29, 0.717) is 5.92 Å². The molecule has 0 saturated heterocycles. The van der Waals surface area contributed by atoms with Gasteiger partial charge < -0.3 is 5.32 Å². The van der Waals surface area contributed by atoms with Gasteiger partial charge in [0.2, 0.25) is 0 Å². The fraction of sp³-hybridized carbons (Fsp3) is 0.250. The highest BCUT2D eigenvalue weighted by molar-refractivity contribution is 7.15. The molecule has 0 saturated carbocycles. The van der Waals surface area contributed by atoms with Crippen LogP contribution >= 0.6 is 11.3 Å². The minimum Gasteiger partial charge on any atom is -0.361 e. The number of nitrogens with zero attached hydrogens (tertiary/aromatic N) is 1. The number of aryl methyl sites for hydroxylation is 2. The second kappa shape index (κ2) is 7.14. The Balaban J connectivity index is 1.71. The maximum Gasteiger partial charge on any atom is 0.183 e. The Bertz CT molecular complexity index is 804. The molecule has 124 valence electrons. The number of hydrogen-bond acceptors (Lipinski definition) is 3. The van der Waals surface area contributed by atoms with Gasteiger partial charge in [-0.3, -0.25) is 0 Å². The molecule has 1 atom stereocenters. The highest BCUT2D eigenvalue weighted by Crippen LogP contribution is 2.26. The largest absolute Gasteiger partial charge is 0.361 e. The molecule has 0 fully saturated rings. The fourth-order valence-electron chi connectivity index (χ4n) is 2.57. The van der Waals surface area contributed by atoms with E-state index in [0.717, 1.165) is 28.5 Å². The molecule has 0 amide bonds. The third kappa shape index (κ3) is 3.82. The van der Waals surface area contributed by atoms with Gasteiger partial charge in [-0.05, 0) is 48.6 Å². The van der Waals surface area contributed by atoms with Crippen molar-refractivity contribution in [3.63, 3.8) is 0 Å². The zero-order valence-corrected chi connectivity index (χ0v) is 15.0. The number of aromatic nitrogens is 1. The first kappa shape index (κ1) is 16.7. The van der Waals surface area contributed by atoms with Crippen LogP contribution in [-0.2, 0) is 0 Å². The zero-order chi connectivity index (χ0) is 17.1. The van der Waals surface area contributed by atoms with Crippen molar-refractivity contribution in [2.45, 2.75) is 26.7 Å². The van der Waals surface area contributed by atoms with E-state index >= 15 is 0 Å². The second-order valence-electron chi connectivity index (χ2n) is 6.07. The number of anilines is 1. The van der Waals surface area contributed by atoms with Crippen molar-refractivity contribution in [2.24, 2.45) is 0 Å². The normalized spacial score (nSPS) is 12.2. The third-order valence-corrected chi connectivity index (χ3v) is 5.25. The van der Waals surface area contributed by atoms with E-state index < -0.39 is 0 Å². The Hall–Kier alpha value is -2.20. The van der Waals surface area contributed by atoms with Gasteiger partial charge in [0.05, 0.1) is 5.69 Å². The molecule has 2 nitrogen and oxygen atoms in total. The molecule has 0 aliphatic heterocycles. The lowest BCUT2D eigenvalue weighted by molar-refractivity contribution is 0.628. The summed E-state index contributed by atoms with van der Waals surface area (Å²) < 4.78 is 13.1. The topological polar surface area (TPSA) is 24.9 Å². The van der Waals surface area contributed by atoms with Gasteiger partial charge in [-0.15, -0.1) is 11.3 Å². The molecule has 3 aromatic rings. The minimum absolute atomic E-state index is 0.207. The highest BCUT2D eigenvalue weighted by Gasteiger charge is 2.09. The van der Waals surface area contributed by atoms with E-state index in [9.17, 15) is 4.39 Å². The average molecular weight is 340 g/mol. The van der Waals surface area contributed by atoms with E-state index in [2.05, 4.69) is 48.4 Å². The molecule has 0 radical (unpaired) electrons. The molecule has 3 rings (SSSR count). The van der Waals surface area contributed by atoms with Crippen LogP contribution in [0, 0.1) is 19.7 Å². The van der Waals surface area contributed by atoms with Crippen molar-refractivity contribution in [1.82, 2.24) is 4.98 Å². The predicted molar refractivity (Wildman–Crippen MR) is 100 cm³/mol. The van der Waals surface area contributed by atoms with Gasteiger partial charge in [-0.2, -0.15) is 0 Å². The predicted octanol–water partition coefficient (Wildman–Crippen LogP) is 5.78. The summed E-state index contributed by atoms with van der Waals surface area (Å²) in [5.41, 5.74) is 4.49. The van der Waals surface area contributed by atoms with Gasteiger partial charge in [0, 0.05) is 11.4 Å². The van der Waals surface area contributed by atoms with Crippen LogP contribution in [0.2, 0.25) is 0 Å². The Labute approximate surface area is 146 Å². The maximum absolute atomic E-state index is 13.1. The minimum atomic E-state index is -0.207. The first-order chi connectivity index (χ1) is 11.5. The van der Waals surface area contributed by atoms with Gasteiger partial charge >= 0.3 is 0 Å². The molecule has 1 heterocycles. The average Bonchev–Trinajstić information content (AvgIpc) is 2.91. The summed E-state index contributed by atoms with van der Waals surface area (Å²) in [5.74, 6) is 0.149. The zero-order valence-electron chi connectivity index (χ0n) is 14.1. The van der Waals surface area contributed by atoms with Crippen LogP contribution in [0.5, 0.6) is 0 Å². The molecule has 0 bridgehead atoms.